The zero-order chi connectivity index (χ0) is 9.38. The summed E-state index contributed by atoms with van der Waals surface area (Å²) in [7, 11) is 0. The quantitative estimate of drug-likeness (QED) is 0.785. The highest BCUT2D eigenvalue weighted by atomic mass is 15.1. The Morgan fingerprint density at radius 3 is 3.07 bits per heavy atom. The van der Waals surface area contributed by atoms with E-state index in [1.54, 1.807) is 0 Å². The summed E-state index contributed by atoms with van der Waals surface area (Å²) in [6.45, 7) is 2.31. The van der Waals surface area contributed by atoms with E-state index in [1.807, 2.05) is 6.20 Å². The van der Waals surface area contributed by atoms with E-state index in [4.69, 9.17) is 0 Å². The second kappa shape index (κ2) is 3.39. The van der Waals surface area contributed by atoms with Crippen LogP contribution in [-0.2, 0) is 6.54 Å². The summed E-state index contributed by atoms with van der Waals surface area (Å²) in [6, 6.07) is 0.682. The van der Waals surface area contributed by atoms with Crippen LogP contribution < -0.4 is 5.32 Å². The standard InChI is InChI=1S/C11H17N3/c1-2-10(12-5-1)8-14-7-6-13-11(14)9-3-4-9/h6-7,9-10,12H,1-5,8H2. The molecule has 0 aromatic carbocycles. The molecule has 1 N–H and O–H groups in total. The Balaban J connectivity index is 1.71. The molecule has 1 saturated carbocycles. The fourth-order valence-corrected chi connectivity index (χ4v) is 2.33. The van der Waals surface area contributed by atoms with Crippen molar-refractivity contribution in [3.05, 3.63) is 18.2 Å². The first-order valence-corrected chi connectivity index (χ1v) is 5.68. The number of hydrogen-bond donors (Lipinski definition) is 1. The second-order valence-electron chi connectivity index (χ2n) is 4.51. The average Bonchev–Trinajstić information content (AvgIpc) is 2.74. The Bertz CT molecular complexity index is 308. The highest BCUT2D eigenvalue weighted by Gasteiger charge is 2.28. The minimum atomic E-state index is 0.682. The Kier molecular flexibility index (Phi) is 2.05. The van der Waals surface area contributed by atoms with Gasteiger partial charge in [-0.2, -0.15) is 0 Å². The highest BCUT2D eigenvalue weighted by Crippen LogP contribution is 2.39. The van der Waals surface area contributed by atoms with Gasteiger partial charge in [-0.25, -0.2) is 4.98 Å². The number of nitrogens with zero attached hydrogens (tertiary/aromatic N) is 2. The van der Waals surface area contributed by atoms with Crippen LogP contribution in [0.15, 0.2) is 12.4 Å². The monoisotopic (exact) mass is 191 g/mol. The number of nitrogens with one attached hydrogen (secondary N) is 1. The van der Waals surface area contributed by atoms with Crippen molar-refractivity contribution in [2.45, 2.75) is 44.2 Å². The minimum absolute atomic E-state index is 0.682. The zero-order valence-corrected chi connectivity index (χ0v) is 8.45. The first kappa shape index (κ1) is 8.48. The topological polar surface area (TPSA) is 29.9 Å². The molecule has 1 unspecified atom stereocenters. The van der Waals surface area contributed by atoms with E-state index >= 15 is 0 Å². The lowest BCUT2D eigenvalue weighted by Crippen LogP contribution is -2.27. The van der Waals surface area contributed by atoms with Crippen LogP contribution in [-0.4, -0.2) is 22.1 Å². The number of imidazole rings is 1. The molecule has 0 spiro atoms. The van der Waals surface area contributed by atoms with Crippen molar-refractivity contribution in [2.75, 3.05) is 6.54 Å². The highest BCUT2D eigenvalue weighted by molar-refractivity contribution is 5.07. The van der Waals surface area contributed by atoms with Crippen molar-refractivity contribution >= 4 is 0 Å². The molecule has 3 heteroatoms. The van der Waals surface area contributed by atoms with E-state index in [2.05, 4.69) is 21.1 Å². The maximum Gasteiger partial charge on any atom is 0.111 e. The van der Waals surface area contributed by atoms with Gasteiger partial charge in [-0.1, -0.05) is 0 Å². The van der Waals surface area contributed by atoms with Crippen LogP contribution in [0.3, 0.4) is 0 Å². The minimum Gasteiger partial charge on any atom is -0.333 e. The molecule has 3 nitrogen and oxygen atoms in total. The van der Waals surface area contributed by atoms with E-state index in [0.29, 0.717) is 6.04 Å². The summed E-state index contributed by atoms with van der Waals surface area (Å²) in [6.07, 6.45) is 9.42. The lowest BCUT2D eigenvalue weighted by Gasteiger charge is -2.13. The van der Waals surface area contributed by atoms with Gasteiger partial charge in [-0.3, -0.25) is 0 Å². The molecular formula is C11H17N3. The van der Waals surface area contributed by atoms with E-state index in [1.165, 1.54) is 38.1 Å². The SMILES string of the molecule is c1cn(CC2CCCN2)c(C2CC2)n1. The van der Waals surface area contributed by atoms with Gasteiger partial charge in [0.15, 0.2) is 0 Å². The summed E-state index contributed by atoms with van der Waals surface area (Å²) in [5, 5.41) is 3.53. The van der Waals surface area contributed by atoms with Gasteiger partial charge in [0, 0.05) is 30.9 Å². The van der Waals surface area contributed by atoms with Crippen molar-refractivity contribution in [2.24, 2.45) is 0 Å². The van der Waals surface area contributed by atoms with Crippen LogP contribution in [0.5, 0.6) is 0 Å². The molecule has 0 radical (unpaired) electrons. The second-order valence-corrected chi connectivity index (χ2v) is 4.51. The Morgan fingerprint density at radius 2 is 2.36 bits per heavy atom. The van der Waals surface area contributed by atoms with Crippen LogP contribution in [0.1, 0.15) is 37.4 Å². The van der Waals surface area contributed by atoms with E-state index in [0.717, 1.165) is 12.5 Å². The molecule has 76 valence electrons. The molecule has 1 aliphatic heterocycles. The van der Waals surface area contributed by atoms with Crippen LogP contribution in [0.2, 0.25) is 0 Å². The predicted molar refractivity (Wildman–Crippen MR) is 55.2 cm³/mol. The molecule has 3 rings (SSSR count). The molecule has 2 fully saturated rings. The third kappa shape index (κ3) is 1.57. The van der Waals surface area contributed by atoms with E-state index in [-0.39, 0.29) is 0 Å². The fraction of sp³-hybridized carbons (Fsp3) is 0.727. The summed E-state index contributed by atoms with van der Waals surface area (Å²) < 4.78 is 2.35. The third-order valence-electron chi connectivity index (χ3n) is 3.27. The number of hydrogen-bond acceptors (Lipinski definition) is 2. The van der Waals surface area contributed by atoms with Crippen molar-refractivity contribution in [1.29, 1.82) is 0 Å². The van der Waals surface area contributed by atoms with E-state index in [9.17, 15) is 0 Å². The van der Waals surface area contributed by atoms with Gasteiger partial charge in [0.1, 0.15) is 5.82 Å². The molecule has 1 aromatic heterocycles. The fourth-order valence-electron chi connectivity index (χ4n) is 2.33. The number of aromatic nitrogens is 2. The lowest BCUT2D eigenvalue weighted by atomic mass is 10.2. The van der Waals surface area contributed by atoms with Crippen molar-refractivity contribution in [3.63, 3.8) is 0 Å². The molecule has 1 aromatic rings. The van der Waals surface area contributed by atoms with Crippen LogP contribution in [0, 0.1) is 0 Å². The van der Waals surface area contributed by atoms with Gasteiger partial charge in [0.05, 0.1) is 0 Å². The normalized spacial score (nSPS) is 27.0. The summed E-state index contributed by atoms with van der Waals surface area (Å²) in [5.41, 5.74) is 0. The van der Waals surface area contributed by atoms with E-state index < -0.39 is 0 Å². The maximum atomic E-state index is 4.46. The third-order valence-corrected chi connectivity index (χ3v) is 3.27. The molecule has 0 amide bonds. The summed E-state index contributed by atoms with van der Waals surface area (Å²) in [5.74, 6) is 2.09. The van der Waals surface area contributed by atoms with Gasteiger partial charge < -0.3 is 9.88 Å². The smallest absolute Gasteiger partial charge is 0.111 e. The molecule has 2 aliphatic rings. The van der Waals surface area contributed by atoms with Gasteiger partial charge in [-0.15, -0.1) is 0 Å². The average molecular weight is 191 g/mol. The molecule has 0 bridgehead atoms. The van der Waals surface area contributed by atoms with Crippen LogP contribution in [0.25, 0.3) is 0 Å². The molecule has 1 saturated heterocycles. The molecule has 1 atom stereocenters. The summed E-state index contributed by atoms with van der Waals surface area (Å²) in [4.78, 5) is 4.46. The van der Waals surface area contributed by atoms with Gasteiger partial charge in [0.2, 0.25) is 0 Å². The molecule has 2 heterocycles. The van der Waals surface area contributed by atoms with Crippen LogP contribution in [0.4, 0.5) is 0 Å². The van der Waals surface area contributed by atoms with Crippen molar-refractivity contribution in [3.8, 4) is 0 Å². The number of rotatable bonds is 3. The van der Waals surface area contributed by atoms with Gasteiger partial charge in [0.25, 0.3) is 0 Å². The Morgan fingerprint density at radius 1 is 1.43 bits per heavy atom. The Labute approximate surface area is 84.5 Å². The zero-order valence-electron chi connectivity index (χ0n) is 8.45. The van der Waals surface area contributed by atoms with Crippen molar-refractivity contribution < 1.29 is 0 Å². The molecule has 14 heavy (non-hydrogen) atoms. The van der Waals surface area contributed by atoms with Gasteiger partial charge in [-0.05, 0) is 32.2 Å². The van der Waals surface area contributed by atoms with Crippen LogP contribution >= 0.6 is 0 Å². The predicted octanol–water partition coefficient (Wildman–Crippen LogP) is 1.51. The largest absolute Gasteiger partial charge is 0.333 e. The Hall–Kier alpha value is -0.830. The molecule has 1 aliphatic carbocycles. The van der Waals surface area contributed by atoms with Gasteiger partial charge >= 0.3 is 0 Å². The first-order valence-electron chi connectivity index (χ1n) is 5.68. The molecular weight excluding hydrogens is 174 g/mol. The lowest BCUT2D eigenvalue weighted by molar-refractivity contribution is 0.496. The first-order chi connectivity index (χ1) is 6.93. The maximum absolute atomic E-state index is 4.46. The summed E-state index contributed by atoms with van der Waals surface area (Å²) >= 11 is 0. The van der Waals surface area contributed by atoms with Crippen molar-refractivity contribution in [1.82, 2.24) is 14.9 Å².